The molecule has 0 aliphatic carbocycles. The molecule has 0 saturated carbocycles. The van der Waals surface area contributed by atoms with E-state index in [0.29, 0.717) is 5.75 Å². The molecule has 0 spiro atoms. The number of carbonyl (C=O) groups excluding carboxylic acids is 2. The summed E-state index contributed by atoms with van der Waals surface area (Å²) in [6, 6.07) is 21.0. The number of esters is 1. The summed E-state index contributed by atoms with van der Waals surface area (Å²) in [5.41, 5.74) is 1.82. The molecule has 0 radical (unpaired) electrons. The summed E-state index contributed by atoms with van der Waals surface area (Å²) in [6.07, 6.45) is 2.90. The minimum Gasteiger partial charge on any atom is -0.497 e. The van der Waals surface area contributed by atoms with Crippen molar-refractivity contribution in [3.05, 3.63) is 83.9 Å². The minimum absolute atomic E-state index is 0.209. The first-order valence-corrected chi connectivity index (χ1v) is 9.33. The highest BCUT2D eigenvalue weighted by atomic mass is 16.5. The van der Waals surface area contributed by atoms with Gasteiger partial charge in [0.2, 0.25) is 0 Å². The summed E-state index contributed by atoms with van der Waals surface area (Å²) < 4.78 is 10.2. The predicted octanol–water partition coefficient (Wildman–Crippen LogP) is 4.28. The first-order chi connectivity index (χ1) is 14.1. The number of carbonyl (C=O) groups is 2. The maximum atomic E-state index is 12.2. The number of rotatable bonds is 7. The van der Waals surface area contributed by atoms with Gasteiger partial charge in [-0.3, -0.25) is 4.79 Å². The first-order valence-electron chi connectivity index (χ1n) is 9.33. The Kier molecular flexibility index (Phi) is 6.63. The van der Waals surface area contributed by atoms with Crippen LogP contribution in [0.4, 0.5) is 0 Å². The fourth-order valence-electron chi connectivity index (χ4n) is 3.08. The Hall–Kier alpha value is -3.60. The lowest BCUT2D eigenvalue weighted by molar-refractivity contribution is -0.144. The average molecular weight is 389 g/mol. The third-order valence-corrected chi connectivity index (χ3v) is 4.52. The van der Waals surface area contributed by atoms with E-state index in [1.54, 1.807) is 19.3 Å². The van der Waals surface area contributed by atoms with E-state index >= 15 is 0 Å². The van der Waals surface area contributed by atoms with Crippen LogP contribution in [0.5, 0.6) is 5.75 Å². The van der Waals surface area contributed by atoms with Crippen LogP contribution < -0.4 is 10.1 Å². The van der Waals surface area contributed by atoms with Gasteiger partial charge in [0, 0.05) is 6.08 Å². The van der Waals surface area contributed by atoms with Crippen LogP contribution in [0, 0.1) is 0 Å². The lowest BCUT2D eigenvalue weighted by Gasteiger charge is -2.16. The summed E-state index contributed by atoms with van der Waals surface area (Å²) >= 11 is 0. The van der Waals surface area contributed by atoms with E-state index in [9.17, 15) is 9.59 Å². The smallest absolute Gasteiger partial charge is 0.331 e. The molecule has 1 amide bonds. The molecule has 3 aromatic rings. The number of nitrogens with one attached hydrogen (secondary N) is 1. The second-order valence-electron chi connectivity index (χ2n) is 6.58. The van der Waals surface area contributed by atoms with E-state index in [-0.39, 0.29) is 18.6 Å². The van der Waals surface area contributed by atoms with Crippen LogP contribution in [-0.2, 0) is 14.3 Å². The number of methoxy groups -OCH3 is 1. The van der Waals surface area contributed by atoms with Crippen molar-refractivity contribution in [2.45, 2.75) is 13.0 Å². The molecule has 29 heavy (non-hydrogen) atoms. The summed E-state index contributed by atoms with van der Waals surface area (Å²) in [5.74, 6) is -0.239. The molecule has 0 bridgehead atoms. The van der Waals surface area contributed by atoms with Crippen molar-refractivity contribution in [1.82, 2.24) is 5.32 Å². The molecule has 1 unspecified atom stereocenters. The Morgan fingerprint density at radius 2 is 1.79 bits per heavy atom. The van der Waals surface area contributed by atoms with Gasteiger partial charge < -0.3 is 14.8 Å². The number of fused-ring (bicyclic) bond motifs is 1. The molecule has 5 nitrogen and oxygen atoms in total. The van der Waals surface area contributed by atoms with Gasteiger partial charge in [-0.1, -0.05) is 54.6 Å². The molecule has 3 rings (SSSR count). The highest BCUT2D eigenvalue weighted by molar-refractivity contribution is 5.90. The van der Waals surface area contributed by atoms with Crippen molar-refractivity contribution in [2.24, 2.45) is 0 Å². The van der Waals surface area contributed by atoms with Gasteiger partial charge in [0.1, 0.15) is 5.75 Å². The zero-order chi connectivity index (χ0) is 20.6. The maximum Gasteiger partial charge on any atom is 0.331 e. The fourth-order valence-corrected chi connectivity index (χ4v) is 3.08. The van der Waals surface area contributed by atoms with Crippen molar-refractivity contribution in [3.8, 4) is 5.75 Å². The van der Waals surface area contributed by atoms with Gasteiger partial charge in [0.15, 0.2) is 6.61 Å². The van der Waals surface area contributed by atoms with E-state index in [0.717, 1.165) is 21.9 Å². The number of benzene rings is 3. The molecule has 5 heteroatoms. The van der Waals surface area contributed by atoms with Crippen molar-refractivity contribution in [1.29, 1.82) is 0 Å². The number of ether oxygens (including phenoxy) is 2. The van der Waals surface area contributed by atoms with Crippen LogP contribution in [0.25, 0.3) is 16.8 Å². The van der Waals surface area contributed by atoms with E-state index in [2.05, 4.69) is 5.32 Å². The predicted molar refractivity (Wildman–Crippen MR) is 113 cm³/mol. The Labute approximate surface area is 170 Å². The molecule has 0 aliphatic heterocycles. The monoisotopic (exact) mass is 389 g/mol. The van der Waals surface area contributed by atoms with E-state index in [1.165, 1.54) is 6.08 Å². The van der Waals surface area contributed by atoms with Gasteiger partial charge in [-0.05, 0) is 47.0 Å². The topological polar surface area (TPSA) is 64.6 Å². The second kappa shape index (κ2) is 9.55. The average Bonchev–Trinajstić information content (AvgIpc) is 2.76. The van der Waals surface area contributed by atoms with Gasteiger partial charge in [0.05, 0.1) is 13.2 Å². The third kappa shape index (κ3) is 5.45. The van der Waals surface area contributed by atoms with Crippen LogP contribution in [0.15, 0.2) is 72.8 Å². The Bertz CT molecular complexity index is 1040. The summed E-state index contributed by atoms with van der Waals surface area (Å²) in [4.78, 5) is 24.1. The van der Waals surface area contributed by atoms with Crippen LogP contribution in [0.1, 0.15) is 24.1 Å². The first kappa shape index (κ1) is 20.1. The van der Waals surface area contributed by atoms with Crippen molar-refractivity contribution in [2.75, 3.05) is 13.7 Å². The quantitative estimate of drug-likeness (QED) is 0.484. The van der Waals surface area contributed by atoms with Gasteiger partial charge in [-0.2, -0.15) is 0 Å². The molecule has 148 valence electrons. The van der Waals surface area contributed by atoms with Crippen LogP contribution in [-0.4, -0.2) is 25.6 Å². The van der Waals surface area contributed by atoms with Crippen molar-refractivity contribution < 1.29 is 19.1 Å². The lowest BCUT2D eigenvalue weighted by atomic mass is 10.00. The normalized spacial score (nSPS) is 11.9. The Morgan fingerprint density at radius 1 is 1.03 bits per heavy atom. The van der Waals surface area contributed by atoms with Crippen molar-refractivity contribution >= 4 is 28.7 Å². The molecule has 1 N–H and O–H groups in total. The summed E-state index contributed by atoms with van der Waals surface area (Å²) in [7, 11) is 1.58. The number of amides is 1. The van der Waals surface area contributed by atoms with Crippen LogP contribution >= 0.6 is 0 Å². The molecular weight excluding hydrogens is 366 g/mol. The zero-order valence-electron chi connectivity index (χ0n) is 16.4. The van der Waals surface area contributed by atoms with Crippen LogP contribution in [0.2, 0.25) is 0 Å². The molecule has 3 aromatic carbocycles. The summed E-state index contributed by atoms with van der Waals surface area (Å²) in [6.45, 7) is 1.57. The SMILES string of the molecule is COc1cccc(/C=C/C(=O)OCC(=O)NC(C)c2cccc3ccccc23)c1. The Balaban J connectivity index is 1.53. The zero-order valence-corrected chi connectivity index (χ0v) is 16.4. The highest BCUT2D eigenvalue weighted by Gasteiger charge is 2.13. The minimum atomic E-state index is -0.583. The van der Waals surface area contributed by atoms with Gasteiger partial charge in [-0.25, -0.2) is 4.79 Å². The number of hydrogen-bond donors (Lipinski definition) is 1. The summed E-state index contributed by atoms with van der Waals surface area (Å²) in [5, 5.41) is 5.07. The van der Waals surface area contributed by atoms with E-state index in [1.807, 2.05) is 67.6 Å². The van der Waals surface area contributed by atoms with Gasteiger partial charge >= 0.3 is 5.97 Å². The van der Waals surface area contributed by atoms with E-state index < -0.39 is 5.97 Å². The Morgan fingerprint density at radius 3 is 2.62 bits per heavy atom. The molecule has 0 saturated heterocycles. The largest absolute Gasteiger partial charge is 0.497 e. The molecular formula is C24H23NO4. The highest BCUT2D eigenvalue weighted by Crippen LogP contribution is 2.23. The van der Waals surface area contributed by atoms with E-state index in [4.69, 9.17) is 9.47 Å². The lowest BCUT2D eigenvalue weighted by Crippen LogP contribution is -2.31. The molecule has 0 heterocycles. The van der Waals surface area contributed by atoms with Gasteiger partial charge in [-0.15, -0.1) is 0 Å². The molecule has 0 aliphatic rings. The standard InChI is InChI=1S/C24H23NO4/c1-17(21-12-6-9-19-8-3-4-11-22(19)21)25-23(26)16-29-24(27)14-13-18-7-5-10-20(15-18)28-2/h3-15,17H,16H2,1-2H3,(H,25,26)/b14-13+. The fraction of sp³-hybridized carbons (Fsp3) is 0.167. The second-order valence-corrected chi connectivity index (χ2v) is 6.58. The van der Waals surface area contributed by atoms with Crippen molar-refractivity contribution in [3.63, 3.8) is 0 Å². The third-order valence-electron chi connectivity index (χ3n) is 4.52. The number of hydrogen-bond acceptors (Lipinski definition) is 4. The molecule has 0 aromatic heterocycles. The molecule has 0 fully saturated rings. The maximum absolute atomic E-state index is 12.2. The van der Waals surface area contributed by atoms with Crippen LogP contribution in [0.3, 0.4) is 0 Å². The molecule has 1 atom stereocenters. The van der Waals surface area contributed by atoms with Gasteiger partial charge in [0.25, 0.3) is 5.91 Å².